The summed E-state index contributed by atoms with van der Waals surface area (Å²) in [5.74, 6) is 0.203. The van der Waals surface area contributed by atoms with Crippen molar-refractivity contribution in [2.75, 3.05) is 19.6 Å². The Hall–Kier alpha value is -2.08. The summed E-state index contributed by atoms with van der Waals surface area (Å²) in [5, 5.41) is 6.25. The molecule has 2 fully saturated rings. The second-order valence-electron chi connectivity index (χ2n) is 9.21. The molecular formula is C24H34ClN3O3. The monoisotopic (exact) mass is 447 g/mol. The lowest BCUT2D eigenvalue weighted by Crippen LogP contribution is -2.54. The molecule has 0 aromatic heterocycles. The lowest BCUT2D eigenvalue weighted by Gasteiger charge is -2.37. The van der Waals surface area contributed by atoms with Gasteiger partial charge in [0.15, 0.2) is 0 Å². The van der Waals surface area contributed by atoms with Crippen molar-refractivity contribution in [3.63, 3.8) is 0 Å². The number of hydrogen-bond acceptors (Lipinski definition) is 3. The lowest BCUT2D eigenvalue weighted by atomic mass is 9.87. The molecule has 1 aliphatic carbocycles. The molecule has 1 heterocycles. The van der Waals surface area contributed by atoms with Crippen LogP contribution in [0.4, 0.5) is 0 Å². The van der Waals surface area contributed by atoms with E-state index in [9.17, 15) is 14.4 Å². The van der Waals surface area contributed by atoms with Crippen molar-refractivity contribution in [3.8, 4) is 0 Å². The summed E-state index contributed by atoms with van der Waals surface area (Å²) in [7, 11) is 0. The molecule has 3 rings (SSSR count). The molecule has 2 aliphatic rings. The first kappa shape index (κ1) is 23.6. The third-order valence-electron chi connectivity index (χ3n) is 6.40. The van der Waals surface area contributed by atoms with Crippen molar-refractivity contribution in [3.05, 3.63) is 34.9 Å². The standard InChI is InChI=1S/C24H34ClN3O3/c1-16(2)15-26-23(30)21(27-22(29)19-9-5-6-10-20(19)25)17-11-13-28(14-12-17)24(31)18-7-3-4-8-18/h5-6,9-10,16-18,21H,3-4,7-8,11-15H2,1-2H3,(H,26,30)(H,27,29)/t21-/m1/s1. The van der Waals surface area contributed by atoms with Gasteiger partial charge in [0.25, 0.3) is 5.91 Å². The van der Waals surface area contributed by atoms with Crippen molar-refractivity contribution >= 4 is 29.3 Å². The first-order chi connectivity index (χ1) is 14.9. The smallest absolute Gasteiger partial charge is 0.253 e. The van der Waals surface area contributed by atoms with Crippen LogP contribution < -0.4 is 10.6 Å². The van der Waals surface area contributed by atoms with E-state index >= 15 is 0 Å². The van der Waals surface area contributed by atoms with E-state index < -0.39 is 6.04 Å². The Kier molecular flexibility index (Phi) is 8.35. The van der Waals surface area contributed by atoms with Crippen LogP contribution in [0.25, 0.3) is 0 Å². The van der Waals surface area contributed by atoms with Crippen LogP contribution in [0.15, 0.2) is 24.3 Å². The molecule has 1 aliphatic heterocycles. The van der Waals surface area contributed by atoms with E-state index in [-0.39, 0.29) is 29.6 Å². The fourth-order valence-electron chi connectivity index (χ4n) is 4.56. The molecule has 0 spiro atoms. The minimum atomic E-state index is -0.647. The minimum Gasteiger partial charge on any atom is -0.354 e. The van der Waals surface area contributed by atoms with Crippen molar-refractivity contribution in [2.24, 2.45) is 17.8 Å². The van der Waals surface area contributed by atoms with E-state index in [1.807, 2.05) is 18.7 Å². The van der Waals surface area contributed by atoms with Gasteiger partial charge in [0.05, 0.1) is 10.6 Å². The predicted octanol–water partition coefficient (Wildman–Crippen LogP) is 3.64. The predicted molar refractivity (Wildman–Crippen MR) is 122 cm³/mol. The quantitative estimate of drug-likeness (QED) is 0.669. The zero-order valence-electron chi connectivity index (χ0n) is 18.5. The number of carbonyl (C=O) groups excluding carboxylic acids is 3. The number of hydrogen-bond donors (Lipinski definition) is 2. The number of piperidine rings is 1. The van der Waals surface area contributed by atoms with Crippen LogP contribution in [-0.2, 0) is 9.59 Å². The van der Waals surface area contributed by atoms with Gasteiger partial charge in [0.2, 0.25) is 11.8 Å². The third kappa shape index (κ3) is 6.22. The molecule has 7 heteroatoms. The zero-order chi connectivity index (χ0) is 22.4. The van der Waals surface area contributed by atoms with Crippen molar-refractivity contribution < 1.29 is 14.4 Å². The summed E-state index contributed by atoms with van der Waals surface area (Å²) in [6.45, 7) is 5.89. The molecule has 3 amide bonds. The van der Waals surface area contributed by atoms with Gasteiger partial charge in [-0.05, 0) is 49.7 Å². The second kappa shape index (κ2) is 11.0. The molecule has 1 saturated carbocycles. The SMILES string of the molecule is CC(C)CNC(=O)[C@H](NC(=O)c1ccccc1Cl)C1CCN(C(=O)C2CCCC2)CC1. The van der Waals surface area contributed by atoms with Crippen LogP contribution >= 0.6 is 11.6 Å². The summed E-state index contributed by atoms with van der Waals surface area (Å²) >= 11 is 6.18. The molecule has 170 valence electrons. The summed E-state index contributed by atoms with van der Waals surface area (Å²) in [5.41, 5.74) is 0.361. The maximum Gasteiger partial charge on any atom is 0.253 e. The maximum atomic E-state index is 13.0. The van der Waals surface area contributed by atoms with E-state index in [0.29, 0.717) is 49.0 Å². The number of halogens is 1. The number of likely N-dealkylation sites (tertiary alicyclic amines) is 1. The molecule has 0 bridgehead atoms. The molecule has 0 unspecified atom stereocenters. The topological polar surface area (TPSA) is 78.5 Å². The number of nitrogens with zero attached hydrogens (tertiary/aromatic N) is 1. The Bertz CT molecular complexity index is 784. The van der Waals surface area contributed by atoms with E-state index in [1.165, 1.54) is 0 Å². The highest BCUT2D eigenvalue weighted by molar-refractivity contribution is 6.33. The average molecular weight is 448 g/mol. The van der Waals surface area contributed by atoms with Gasteiger partial charge in [-0.3, -0.25) is 14.4 Å². The van der Waals surface area contributed by atoms with Crippen LogP contribution in [-0.4, -0.2) is 48.3 Å². The molecule has 1 atom stereocenters. The van der Waals surface area contributed by atoms with Crippen LogP contribution in [0.2, 0.25) is 5.02 Å². The van der Waals surface area contributed by atoms with Crippen LogP contribution in [0.5, 0.6) is 0 Å². The fourth-order valence-corrected chi connectivity index (χ4v) is 4.78. The van der Waals surface area contributed by atoms with Gasteiger partial charge >= 0.3 is 0 Å². The highest BCUT2D eigenvalue weighted by atomic mass is 35.5. The Morgan fingerprint density at radius 2 is 1.71 bits per heavy atom. The molecule has 2 N–H and O–H groups in total. The van der Waals surface area contributed by atoms with Crippen molar-refractivity contribution in [1.82, 2.24) is 15.5 Å². The van der Waals surface area contributed by atoms with Crippen molar-refractivity contribution in [1.29, 1.82) is 0 Å². The normalized spacial score (nSPS) is 18.8. The summed E-state index contributed by atoms with van der Waals surface area (Å²) < 4.78 is 0. The van der Waals surface area contributed by atoms with Gasteiger partial charge in [0.1, 0.15) is 6.04 Å². The number of amides is 3. The lowest BCUT2D eigenvalue weighted by molar-refractivity contribution is -0.137. The highest BCUT2D eigenvalue weighted by Crippen LogP contribution is 2.29. The molecule has 1 aromatic rings. The van der Waals surface area contributed by atoms with Gasteiger partial charge in [-0.15, -0.1) is 0 Å². The largest absolute Gasteiger partial charge is 0.354 e. The van der Waals surface area contributed by atoms with E-state index in [1.54, 1.807) is 24.3 Å². The van der Waals surface area contributed by atoms with E-state index in [4.69, 9.17) is 11.6 Å². The summed E-state index contributed by atoms with van der Waals surface area (Å²) in [6.07, 6.45) is 5.65. The third-order valence-corrected chi connectivity index (χ3v) is 6.73. The Morgan fingerprint density at radius 3 is 2.32 bits per heavy atom. The van der Waals surface area contributed by atoms with Gasteiger partial charge in [0, 0.05) is 25.6 Å². The second-order valence-corrected chi connectivity index (χ2v) is 9.62. The first-order valence-corrected chi connectivity index (χ1v) is 11.9. The zero-order valence-corrected chi connectivity index (χ0v) is 19.3. The molecule has 31 heavy (non-hydrogen) atoms. The van der Waals surface area contributed by atoms with Gasteiger partial charge in [-0.25, -0.2) is 0 Å². The maximum absolute atomic E-state index is 13.0. The number of nitrogens with one attached hydrogen (secondary N) is 2. The molecule has 6 nitrogen and oxygen atoms in total. The number of benzene rings is 1. The first-order valence-electron chi connectivity index (χ1n) is 11.5. The van der Waals surface area contributed by atoms with E-state index in [0.717, 1.165) is 25.7 Å². The van der Waals surface area contributed by atoms with Gasteiger partial charge < -0.3 is 15.5 Å². The van der Waals surface area contributed by atoms with Crippen LogP contribution in [0, 0.1) is 17.8 Å². The van der Waals surface area contributed by atoms with Gasteiger partial charge in [-0.1, -0.05) is 50.4 Å². The minimum absolute atomic E-state index is 0.0220. The van der Waals surface area contributed by atoms with Crippen LogP contribution in [0.1, 0.15) is 62.7 Å². The number of carbonyl (C=O) groups is 3. The average Bonchev–Trinajstić information content (AvgIpc) is 3.30. The number of rotatable bonds is 7. The van der Waals surface area contributed by atoms with E-state index in [2.05, 4.69) is 10.6 Å². The molecule has 1 saturated heterocycles. The molecule has 1 aromatic carbocycles. The Morgan fingerprint density at radius 1 is 1.06 bits per heavy atom. The fraction of sp³-hybridized carbons (Fsp3) is 0.625. The van der Waals surface area contributed by atoms with Crippen LogP contribution in [0.3, 0.4) is 0 Å². The highest BCUT2D eigenvalue weighted by Gasteiger charge is 2.36. The van der Waals surface area contributed by atoms with Gasteiger partial charge in [-0.2, -0.15) is 0 Å². The molecular weight excluding hydrogens is 414 g/mol. The summed E-state index contributed by atoms with van der Waals surface area (Å²) in [4.78, 5) is 40.6. The Balaban J connectivity index is 1.66. The molecule has 0 radical (unpaired) electrons. The Labute approximate surface area is 190 Å². The summed E-state index contributed by atoms with van der Waals surface area (Å²) in [6, 6.07) is 6.19. The van der Waals surface area contributed by atoms with Crippen molar-refractivity contribution in [2.45, 2.75) is 58.4 Å².